The maximum absolute atomic E-state index is 12.1. The van der Waals surface area contributed by atoms with Crippen molar-refractivity contribution in [3.05, 3.63) is 18.1 Å². The van der Waals surface area contributed by atoms with Crippen molar-refractivity contribution in [3.63, 3.8) is 0 Å². The smallest absolute Gasteiger partial charge is 0.358 e. The molecule has 0 bridgehead atoms. The molecule has 1 N–H and O–H groups in total. The molecule has 20 heavy (non-hydrogen) atoms. The molecule has 1 aromatic heterocycles. The van der Waals surface area contributed by atoms with Gasteiger partial charge in [-0.15, -0.1) is 0 Å². The van der Waals surface area contributed by atoms with Crippen molar-refractivity contribution in [3.8, 4) is 0 Å². The fraction of sp³-hybridized carbons (Fsp3) is 0.538. The molecular formula is C13H18N4O3. The van der Waals surface area contributed by atoms with Gasteiger partial charge >= 0.3 is 5.97 Å². The van der Waals surface area contributed by atoms with Crippen LogP contribution in [0.4, 0.5) is 5.82 Å². The first kappa shape index (κ1) is 14.2. The number of rotatable bonds is 4. The summed E-state index contributed by atoms with van der Waals surface area (Å²) < 4.78 is 4.54. The average molecular weight is 278 g/mol. The van der Waals surface area contributed by atoms with Gasteiger partial charge in [0.1, 0.15) is 11.9 Å². The zero-order valence-electron chi connectivity index (χ0n) is 11.6. The number of carbonyl (C=O) groups excluding carboxylic acids is 2. The molecule has 2 rings (SSSR count). The number of hydrogen-bond donors (Lipinski definition) is 1. The van der Waals surface area contributed by atoms with Crippen molar-refractivity contribution < 1.29 is 14.3 Å². The van der Waals surface area contributed by atoms with Crippen LogP contribution >= 0.6 is 0 Å². The Bertz CT molecular complexity index is 483. The van der Waals surface area contributed by atoms with Gasteiger partial charge in [0.15, 0.2) is 5.69 Å². The largest absolute Gasteiger partial charge is 0.464 e. The molecule has 1 fully saturated rings. The Morgan fingerprint density at radius 3 is 2.55 bits per heavy atom. The lowest BCUT2D eigenvalue weighted by Gasteiger charge is -2.21. The van der Waals surface area contributed by atoms with E-state index in [9.17, 15) is 9.59 Å². The zero-order chi connectivity index (χ0) is 14.5. The number of amides is 1. The Morgan fingerprint density at radius 2 is 2.00 bits per heavy atom. The third-order valence-corrected chi connectivity index (χ3v) is 3.20. The summed E-state index contributed by atoms with van der Waals surface area (Å²) >= 11 is 0. The van der Waals surface area contributed by atoms with E-state index in [4.69, 9.17) is 0 Å². The highest BCUT2D eigenvalue weighted by Crippen LogP contribution is 2.11. The lowest BCUT2D eigenvalue weighted by atomic mass is 10.3. The first-order valence-electron chi connectivity index (χ1n) is 6.57. The minimum Gasteiger partial charge on any atom is -0.464 e. The number of hydrogen-bond acceptors (Lipinski definition) is 6. The Labute approximate surface area is 117 Å². The first-order valence-corrected chi connectivity index (χ1v) is 6.57. The predicted molar refractivity (Wildman–Crippen MR) is 72.3 cm³/mol. The fourth-order valence-corrected chi connectivity index (χ4v) is 2.11. The molecule has 1 aliphatic heterocycles. The van der Waals surface area contributed by atoms with E-state index in [1.54, 1.807) is 6.92 Å². The molecule has 1 saturated heterocycles. The molecule has 1 amide bonds. The van der Waals surface area contributed by atoms with Crippen molar-refractivity contribution in [1.82, 2.24) is 14.9 Å². The second-order valence-corrected chi connectivity index (χ2v) is 4.68. The highest BCUT2D eigenvalue weighted by molar-refractivity contribution is 5.87. The van der Waals surface area contributed by atoms with Crippen LogP contribution in [0, 0.1) is 0 Å². The number of aromatic nitrogens is 2. The molecule has 0 spiro atoms. The third kappa shape index (κ3) is 3.23. The standard InChI is InChI=1S/C13H18N4O3/c1-9(12(18)17-5-3-4-6-17)16-11-8-14-10(7-15-11)13(19)20-2/h7-9H,3-6H2,1-2H3,(H,15,16). The molecular weight excluding hydrogens is 260 g/mol. The number of nitrogens with one attached hydrogen (secondary N) is 1. The van der Waals surface area contributed by atoms with Gasteiger partial charge in [-0.3, -0.25) is 4.79 Å². The van der Waals surface area contributed by atoms with Gasteiger partial charge in [-0.25, -0.2) is 14.8 Å². The molecule has 0 aliphatic carbocycles. The number of ether oxygens (including phenoxy) is 1. The van der Waals surface area contributed by atoms with Crippen molar-refractivity contribution in [2.45, 2.75) is 25.8 Å². The van der Waals surface area contributed by atoms with Crippen LogP contribution < -0.4 is 5.32 Å². The number of carbonyl (C=O) groups is 2. The van der Waals surface area contributed by atoms with Gasteiger partial charge in [-0.05, 0) is 19.8 Å². The monoisotopic (exact) mass is 278 g/mol. The van der Waals surface area contributed by atoms with E-state index in [0.29, 0.717) is 5.82 Å². The van der Waals surface area contributed by atoms with E-state index in [2.05, 4.69) is 20.0 Å². The van der Waals surface area contributed by atoms with E-state index in [0.717, 1.165) is 25.9 Å². The minimum atomic E-state index is -0.537. The quantitative estimate of drug-likeness (QED) is 0.816. The number of nitrogens with zero attached hydrogens (tertiary/aromatic N) is 3. The molecule has 0 radical (unpaired) electrons. The van der Waals surface area contributed by atoms with Gasteiger partial charge in [-0.2, -0.15) is 0 Å². The minimum absolute atomic E-state index is 0.0568. The summed E-state index contributed by atoms with van der Waals surface area (Å²) in [5.74, 6) is -0.0238. The number of anilines is 1. The summed E-state index contributed by atoms with van der Waals surface area (Å²) in [7, 11) is 1.28. The third-order valence-electron chi connectivity index (χ3n) is 3.20. The highest BCUT2D eigenvalue weighted by atomic mass is 16.5. The summed E-state index contributed by atoms with van der Waals surface area (Å²) in [4.78, 5) is 33.2. The van der Waals surface area contributed by atoms with Crippen molar-refractivity contribution >= 4 is 17.7 Å². The van der Waals surface area contributed by atoms with Gasteiger partial charge in [0, 0.05) is 13.1 Å². The maximum Gasteiger partial charge on any atom is 0.358 e. The van der Waals surface area contributed by atoms with Crippen LogP contribution in [0.15, 0.2) is 12.4 Å². The Morgan fingerprint density at radius 1 is 1.30 bits per heavy atom. The van der Waals surface area contributed by atoms with Gasteiger partial charge < -0.3 is 15.0 Å². The average Bonchev–Trinajstić information content (AvgIpc) is 3.00. The van der Waals surface area contributed by atoms with E-state index in [-0.39, 0.29) is 17.6 Å². The van der Waals surface area contributed by atoms with Crippen LogP contribution in [0.2, 0.25) is 0 Å². The van der Waals surface area contributed by atoms with Crippen molar-refractivity contribution in [2.75, 3.05) is 25.5 Å². The van der Waals surface area contributed by atoms with E-state index < -0.39 is 5.97 Å². The van der Waals surface area contributed by atoms with Gasteiger partial charge in [-0.1, -0.05) is 0 Å². The van der Waals surface area contributed by atoms with Crippen LogP contribution in [-0.4, -0.2) is 53.0 Å². The Kier molecular flexibility index (Phi) is 4.49. The second-order valence-electron chi connectivity index (χ2n) is 4.68. The van der Waals surface area contributed by atoms with Crippen molar-refractivity contribution in [2.24, 2.45) is 0 Å². The molecule has 7 nitrogen and oxygen atoms in total. The maximum atomic E-state index is 12.1. The van der Waals surface area contributed by atoms with Gasteiger partial charge in [0.05, 0.1) is 19.5 Å². The molecule has 1 aliphatic rings. The van der Waals surface area contributed by atoms with Crippen LogP contribution in [0.25, 0.3) is 0 Å². The molecule has 1 aromatic rings. The normalized spacial score (nSPS) is 15.8. The van der Waals surface area contributed by atoms with Crippen molar-refractivity contribution in [1.29, 1.82) is 0 Å². The highest BCUT2D eigenvalue weighted by Gasteiger charge is 2.23. The second kappa shape index (κ2) is 6.31. The molecule has 1 atom stereocenters. The molecule has 7 heteroatoms. The van der Waals surface area contributed by atoms with Gasteiger partial charge in [0.2, 0.25) is 5.91 Å². The SMILES string of the molecule is COC(=O)c1cnc(NC(C)C(=O)N2CCCC2)cn1. The topological polar surface area (TPSA) is 84.4 Å². The fourth-order valence-electron chi connectivity index (χ4n) is 2.11. The van der Waals surface area contributed by atoms with E-state index >= 15 is 0 Å². The molecule has 0 aromatic carbocycles. The van der Waals surface area contributed by atoms with Crippen LogP contribution in [0.3, 0.4) is 0 Å². The number of methoxy groups -OCH3 is 1. The van der Waals surface area contributed by atoms with Crippen LogP contribution in [0.1, 0.15) is 30.3 Å². The molecule has 108 valence electrons. The number of esters is 1. The zero-order valence-corrected chi connectivity index (χ0v) is 11.6. The summed E-state index contributed by atoms with van der Waals surface area (Å²) in [6.45, 7) is 3.42. The summed E-state index contributed by atoms with van der Waals surface area (Å²) in [5.41, 5.74) is 0.136. The summed E-state index contributed by atoms with van der Waals surface area (Å²) in [6.07, 6.45) is 4.86. The Balaban J connectivity index is 1.95. The predicted octanol–water partition coefficient (Wildman–Crippen LogP) is 0.686. The lowest BCUT2D eigenvalue weighted by Crippen LogP contribution is -2.39. The molecule has 0 saturated carbocycles. The van der Waals surface area contributed by atoms with Crippen LogP contribution in [-0.2, 0) is 9.53 Å². The lowest BCUT2D eigenvalue weighted by molar-refractivity contribution is -0.130. The first-order chi connectivity index (χ1) is 9.61. The number of likely N-dealkylation sites (tertiary alicyclic amines) is 1. The van der Waals surface area contributed by atoms with E-state index in [1.165, 1.54) is 19.5 Å². The summed E-state index contributed by atoms with van der Waals surface area (Å²) in [6, 6.07) is -0.369. The van der Waals surface area contributed by atoms with E-state index in [1.807, 2.05) is 4.90 Å². The summed E-state index contributed by atoms with van der Waals surface area (Å²) in [5, 5.41) is 2.99. The molecule has 1 unspecified atom stereocenters. The Hall–Kier alpha value is -2.18. The van der Waals surface area contributed by atoms with Gasteiger partial charge in [0.25, 0.3) is 0 Å². The van der Waals surface area contributed by atoms with Crippen LogP contribution in [0.5, 0.6) is 0 Å². The molecule has 2 heterocycles.